The monoisotopic (exact) mass is 369 g/mol. The van der Waals surface area contributed by atoms with E-state index in [0.717, 1.165) is 31.2 Å². The Bertz CT molecular complexity index is 692. The number of aliphatic imine (C=N–C) groups is 1. The summed E-state index contributed by atoms with van der Waals surface area (Å²) in [5.74, 6) is 0.817. The highest BCUT2D eigenvalue weighted by atomic mass is 16.5. The van der Waals surface area contributed by atoms with Crippen LogP contribution >= 0.6 is 0 Å². The molecule has 2 aromatic rings. The van der Waals surface area contributed by atoms with Gasteiger partial charge in [-0.1, -0.05) is 31.4 Å². The second kappa shape index (κ2) is 10.7. The summed E-state index contributed by atoms with van der Waals surface area (Å²) in [6, 6.07) is 10.3. The Labute approximate surface area is 162 Å². The van der Waals surface area contributed by atoms with E-state index in [-0.39, 0.29) is 0 Å². The van der Waals surface area contributed by atoms with Crippen molar-refractivity contribution in [2.24, 2.45) is 4.99 Å². The topological polar surface area (TPSA) is 63.5 Å². The Balaban J connectivity index is 1.36. The highest BCUT2D eigenvalue weighted by Crippen LogP contribution is 2.20. The van der Waals surface area contributed by atoms with Crippen LogP contribution in [0.25, 0.3) is 5.69 Å². The zero-order valence-corrected chi connectivity index (χ0v) is 16.2. The molecule has 1 fully saturated rings. The average Bonchev–Trinajstić information content (AvgIpc) is 3.26. The van der Waals surface area contributed by atoms with E-state index in [2.05, 4.69) is 38.9 Å². The summed E-state index contributed by atoms with van der Waals surface area (Å²) in [5, 5.41) is 11.0. The van der Waals surface area contributed by atoms with Crippen LogP contribution in [0.4, 0.5) is 0 Å². The predicted molar refractivity (Wildman–Crippen MR) is 109 cm³/mol. The van der Waals surface area contributed by atoms with Gasteiger partial charge < -0.3 is 15.4 Å². The van der Waals surface area contributed by atoms with E-state index in [0.29, 0.717) is 12.6 Å². The molecule has 0 atom stereocenters. The second-order valence-corrected chi connectivity index (χ2v) is 6.96. The lowest BCUT2D eigenvalue weighted by molar-refractivity contribution is 0.0277. The van der Waals surface area contributed by atoms with Crippen molar-refractivity contribution in [3.63, 3.8) is 0 Å². The van der Waals surface area contributed by atoms with Crippen LogP contribution in [-0.2, 0) is 11.3 Å². The van der Waals surface area contributed by atoms with Crippen LogP contribution in [0, 0.1) is 0 Å². The quantitative estimate of drug-likeness (QED) is 0.426. The number of nitrogens with zero attached hydrogens (tertiary/aromatic N) is 3. The van der Waals surface area contributed by atoms with Crippen molar-refractivity contribution >= 4 is 5.96 Å². The summed E-state index contributed by atoms with van der Waals surface area (Å²) in [7, 11) is 1.80. The summed E-state index contributed by atoms with van der Waals surface area (Å²) < 4.78 is 7.83. The van der Waals surface area contributed by atoms with Crippen molar-refractivity contribution in [1.82, 2.24) is 20.4 Å². The molecule has 1 aromatic heterocycles. The van der Waals surface area contributed by atoms with Crippen LogP contribution in [-0.4, -0.2) is 42.0 Å². The van der Waals surface area contributed by atoms with Gasteiger partial charge >= 0.3 is 0 Å². The summed E-state index contributed by atoms with van der Waals surface area (Å²) in [5.41, 5.74) is 2.24. The van der Waals surface area contributed by atoms with E-state index in [1.54, 1.807) is 13.2 Å². The largest absolute Gasteiger partial charge is 0.378 e. The molecule has 0 spiro atoms. The molecular formula is C21H31N5O. The maximum Gasteiger partial charge on any atom is 0.191 e. The van der Waals surface area contributed by atoms with E-state index in [9.17, 15) is 0 Å². The highest BCUT2D eigenvalue weighted by molar-refractivity contribution is 5.79. The van der Waals surface area contributed by atoms with Gasteiger partial charge in [0.05, 0.1) is 11.8 Å². The molecule has 6 nitrogen and oxygen atoms in total. The third-order valence-electron chi connectivity index (χ3n) is 4.88. The van der Waals surface area contributed by atoms with Gasteiger partial charge in [0.25, 0.3) is 0 Å². The molecule has 2 N–H and O–H groups in total. The number of ether oxygens (including phenoxy) is 1. The second-order valence-electron chi connectivity index (χ2n) is 6.96. The van der Waals surface area contributed by atoms with Crippen LogP contribution < -0.4 is 10.6 Å². The van der Waals surface area contributed by atoms with Gasteiger partial charge in [-0.2, -0.15) is 5.10 Å². The molecule has 27 heavy (non-hydrogen) atoms. The number of rotatable bonds is 8. The molecular weight excluding hydrogens is 338 g/mol. The zero-order valence-electron chi connectivity index (χ0n) is 16.2. The van der Waals surface area contributed by atoms with Crippen molar-refractivity contribution < 1.29 is 4.74 Å². The summed E-state index contributed by atoms with van der Waals surface area (Å²) in [6.07, 6.45) is 11.7. The number of hydrogen-bond donors (Lipinski definition) is 2. The SMILES string of the molecule is CN=C(NCCCOC1CCCCC1)NCc1cccc(-n2cccn2)c1. The van der Waals surface area contributed by atoms with Crippen molar-refractivity contribution in [3.8, 4) is 5.69 Å². The fraction of sp³-hybridized carbons (Fsp3) is 0.524. The van der Waals surface area contributed by atoms with E-state index in [4.69, 9.17) is 4.74 Å². The van der Waals surface area contributed by atoms with Gasteiger partial charge in [0.1, 0.15) is 0 Å². The number of guanidine groups is 1. The molecule has 1 aliphatic carbocycles. The number of aromatic nitrogens is 2. The van der Waals surface area contributed by atoms with Gasteiger partial charge in [-0.05, 0) is 43.0 Å². The third kappa shape index (κ3) is 6.40. The summed E-state index contributed by atoms with van der Waals surface area (Å²) in [4.78, 5) is 4.30. The highest BCUT2D eigenvalue weighted by Gasteiger charge is 2.12. The van der Waals surface area contributed by atoms with Crippen LogP contribution in [0.2, 0.25) is 0 Å². The Kier molecular flexibility index (Phi) is 7.71. The van der Waals surface area contributed by atoms with E-state index < -0.39 is 0 Å². The molecule has 1 heterocycles. The van der Waals surface area contributed by atoms with Gasteiger partial charge in [0.2, 0.25) is 0 Å². The van der Waals surface area contributed by atoms with Gasteiger partial charge in [-0.15, -0.1) is 0 Å². The first kappa shape index (κ1) is 19.4. The molecule has 1 aliphatic rings. The van der Waals surface area contributed by atoms with Crippen molar-refractivity contribution in [2.45, 2.75) is 51.2 Å². The Morgan fingerprint density at radius 1 is 1.22 bits per heavy atom. The lowest BCUT2D eigenvalue weighted by Gasteiger charge is -2.22. The Morgan fingerprint density at radius 3 is 2.89 bits per heavy atom. The first-order valence-electron chi connectivity index (χ1n) is 10.0. The van der Waals surface area contributed by atoms with E-state index in [1.165, 1.54) is 37.7 Å². The Hall–Kier alpha value is -2.34. The maximum absolute atomic E-state index is 5.97. The van der Waals surface area contributed by atoms with Gasteiger partial charge in [0, 0.05) is 39.1 Å². The van der Waals surface area contributed by atoms with Gasteiger partial charge in [0.15, 0.2) is 5.96 Å². The zero-order chi connectivity index (χ0) is 18.7. The van der Waals surface area contributed by atoms with E-state index >= 15 is 0 Å². The van der Waals surface area contributed by atoms with Crippen molar-refractivity contribution in [3.05, 3.63) is 48.3 Å². The van der Waals surface area contributed by atoms with Crippen LogP contribution in [0.3, 0.4) is 0 Å². The van der Waals surface area contributed by atoms with Gasteiger partial charge in [-0.25, -0.2) is 4.68 Å². The molecule has 6 heteroatoms. The molecule has 1 saturated carbocycles. The van der Waals surface area contributed by atoms with Crippen molar-refractivity contribution in [2.75, 3.05) is 20.2 Å². The molecule has 0 aliphatic heterocycles. The molecule has 1 aromatic carbocycles. The molecule has 146 valence electrons. The molecule has 0 amide bonds. The smallest absolute Gasteiger partial charge is 0.191 e. The standard InChI is InChI=1S/C21H31N5O/c1-22-21(23-12-7-15-27-20-10-3-2-4-11-20)24-17-18-8-5-9-19(16-18)26-14-6-13-25-26/h5-6,8-9,13-14,16,20H,2-4,7,10-12,15,17H2,1H3,(H2,22,23,24). The minimum absolute atomic E-state index is 0.484. The van der Waals surface area contributed by atoms with Crippen LogP contribution in [0.15, 0.2) is 47.7 Å². The Morgan fingerprint density at radius 2 is 2.11 bits per heavy atom. The van der Waals surface area contributed by atoms with Crippen LogP contribution in [0.1, 0.15) is 44.1 Å². The molecule has 0 unspecified atom stereocenters. The van der Waals surface area contributed by atoms with Gasteiger partial charge in [-0.3, -0.25) is 4.99 Å². The van der Waals surface area contributed by atoms with E-state index in [1.807, 2.05) is 23.0 Å². The molecule has 0 saturated heterocycles. The predicted octanol–water partition coefficient (Wildman–Crippen LogP) is 3.28. The average molecular weight is 370 g/mol. The minimum Gasteiger partial charge on any atom is -0.378 e. The summed E-state index contributed by atoms with van der Waals surface area (Å²) in [6.45, 7) is 2.40. The minimum atomic E-state index is 0.484. The number of nitrogens with one attached hydrogen (secondary N) is 2. The lowest BCUT2D eigenvalue weighted by atomic mass is 9.98. The van der Waals surface area contributed by atoms with Crippen LogP contribution in [0.5, 0.6) is 0 Å². The fourth-order valence-electron chi connectivity index (χ4n) is 3.40. The molecule has 0 bridgehead atoms. The first-order valence-corrected chi connectivity index (χ1v) is 10.0. The molecule has 3 rings (SSSR count). The summed E-state index contributed by atoms with van der Waals surface area (Å²) >= 11 is 0. The first-order chi connectivity index (χ1) is 13.3. The number of hydrogen-bond acceptors (Lipinski definition) is 3. The maximum atomic E-state index is 5.97. The lowest BCUT2D eigenvalue weighted by Crippen LogP contribution is -2.37. The normalized spacial score (nSPS) is 15.7. The number of benzene rings is 1. The molecule has 0 radical (unpaired) electrons. The van der Waals surface area contributed by atoms with Crippen molar-refractivity contribution in [1.29, 1.82) is 0 Å². The fourth-order valence-corrected chi connectivity index (χ4v) is 3.40. The third-order valence-corrected chi connectivity index (χ3v) is 4.88.